The van der Waals surface area contributed by atoms with Crippen LogP contribution in [0.2, 0.25) is 0 Å². The number of nitrogens with one attached hydrogen (secondary N) is 1. The van der Waals surface area contributed by atoms with Crippen LogP contribution < -0.4 is 5.32 Å². The monoisotopic (exact) mass is 426 g/mol. The molecule has 0 aliphatic heterocycles. The molecule has 0 spiro atoms. The number of ether oxygens (including phenoxy) is 1. The molecule has 6 heteroatoms. The summed E-state index contributed by atoms with van der Waals surface area (Å²) in [6, 6.07) is 13.0. The molecular formula is C21H19BrN2O3. The van der Waals surface area contributed by atoms with Crippen molar-refractivity contribution in [3.8, 4) is 0 Å². The van der Waals surface area contributed by atoms with Gasteiger partial charge in [-0.2, -0.15) is 0 Å². The average Bonchev–Trinajstić information content (AvgIpc) is 2.61. The number of pyridine rings is 1. The third kappa shape index (κ3) is 4.52. The lowest BCUT2D eigenvalue weighted by atomic mass is 10.1. The van der Waals surface area contributed by atoms with Crippen molar-refractivity contribution in [1.82, 2.24) is 4.98 Å². The first-order valence-electron chi connectivity index (χ1n) is 8.44. The van der Waals surface area contributed by atoms with Crippen molar-refractivity contribution in [3.05, 3.63) is 69.3 Å². The highest BCUT2D eigenvalue weighted by Gasteiger charge is 2.16. The summed E-state index contributed by atoms with van der Waals surface area (Å²) in [5, 5.41) is 3.44. The molecule has 138 valence electrons. The van der Waals surface area contributed by atoms with Crippen molar-refractivity contribution in [2.45, 2.75) is 20.8 Å². The Balaban J connectivity index is 1.73. The van der Waals surface area contributed by atoms with Gasteiger partial charge in [0.15, 0.2) is 6.61 Å². The number of nitrogens with zero attached hydrogens (tertiary/aromatic N) is 1. The molecule has 1 aromatic heterocycles. The lowest BCUT2D eigenvalue weighted by molar-refractivity contribution is -0.119. The number of aromatic nitrogens is 1. The molecule has 2 aromatic carbocycles. The van der Waals surface area contributed by atoms with E-state index in [4.69, 9.17) is 4.74 Å². The Hall–Kier alpha value is -2.73. The van der Waals surface area contributed by atoms with E-state index >= 15 is 0 Å². The number of anilines is 1. The van der Waals surface area contributed by atoms with E-state index in [0.29, 0.717) is 22.3 Å². The maximum Gasteiger partial charge on any atom is 0.339 e. The summed E-state index contributed by atoms with van der Waals surface area (Å²) in [6.07, 6.45) is 0. The van der Waals surface area contributed by atoms with E-state index in [1.807, 2.05) is 51.1 Å². The first-order chi connectivity index (χ1) is 12.8. The maximum absolute atomic E-state index is 12.6. The fraction of sp³-hybridized carbons (Fsp3) is 0.190. The fourth-order valence-electron chi connectivity index (χ4n) is 2.76. The predicted molar refractivity (Wildman–Crippen MR) is 109 cm³/mol. The fourth-order valence-corrected chi connectivity index (χ4v) is 3.35. The van der Waals surface area contributed by atoms with E-state index in [2.05, 4.69) is 26.2 Å². The molecule has 0 radical (unpaired) electrons. The molecule has 1 N–H and O–H groups in total. The number of rotatable bonds is 4. The van der Waals surface area contributed by atoms with Crippen LogP contribution in [0.5, 0.6) is 0 Å². The summed E-state index contributed by atoms with van der Waals surface area (Å²) in [7, 11) is 0. The zero-order valence-electron chi connectivity index (χ0n) is 15.3. The minimum atomic E-state index is -0.547. The van der Waals surface area contributed by atoms with Crippen LogP contribution in [0.3, 0.4) is 0 Å². The Morgan fingerprint density at radius 1 is 1.04 bits per heavy atom. The Labute approximate surface area is 165 Å². The number of hydrogen-bond acceptors (Lipinski definition) is 4. The first kappa shape index (κ1) is 19.0. The van der Waals surface area contributed by atoms with E-state index < -0.39 is 11.9 Å². The van der Waals surface area contributed by atoms with Crippen molar-refractivity contribution >= 4 is 44.4 Å². The van der Waals surface area contributed by atoms with Crippen molar-refractivity contribution < 1.29 is 14.3 Å². The van der Waals surface area contributed by atoms with Crippen LogP contribution in [0.25, 0.3) is 10.9 Å². The van der Waals surface area contributed by atoms with Crippen LogP contribution in [-0.2, 0) is 9.53 Å². The SMILES string of the molecule is Cc1ccc(NC(=O)COC(=O)c2cc(C)nc3ccc(C)cc23)c(Br)c1. The van der Waals surface area contributed by atoms with Gasteiger partial charge in [-0.15, -0.1) is 0 Å². The Morgan fingerprint density at radius 2 is 1.74 bits per heavy atom. The number of fused-ring (bicyclic) bond motifs is 1. The second kappa shape index (κ2) is 7.88. The Morgan fingerprint density at radius 3 is 2.48 bits per heavy atom. The molecule has 0 atom stereocenters. The van der Waals surface area contributed by atoms with Crippen LogP contribution in [0.4, 0.5) is 5.69 Å². The number of esters is 1. The number of hydrogen-bond donors (Lipinski definition) is 1. The third-order valence-corrected chi connectivity index (χ3v) is 4.70. The average molecular weight is 427 g/mol. The topological polar surface area (TPSA) is 68.3 Å². The third-order valence-electron chi connectivity index (χ3n) is 4.05. The molecule has 27 heavy (non-hydrogen) atoms. The second-order valence-electron chi connectivity index (χ2n) is 6.44. The smallest absolute Gasteiger partial charge is 0.339 e. The van der Waals surface area contributed by atoms with Gasteiger partial charge in [-0.3, -0.25) is 9.78 Å². The van der Waals surface area contributed by atoms with Gasteiger partial charge in [-0.05, 0) is 72.6 Å². The van der Waals surface area contributed by atoms with Gasteiger partial charge in [0.25, 0.3) is 5.91 Å². The Bertz CT molecular complexity index is 1050. The maximum atomic E-state index is 12.6. The number of carbonyl (C=O) groups excluding carboxylic acids is 2. The van der Waals surface area contributed by atoms with Crippen molar-refractivity contribution in [1.29, 1.82) is 0 Å². The molecule has 0 aliphatic rings. The van der Waals surface area contributed by atoms with Gasteiger partial charge in [0.05, 0.1) is 16.8 Å². The van der Waals surface area contributed by atoms with Gasteiger partial charge in [-0.25, -0.2) is 4.79 Å². The van der Waals surface area contributed by atoms with E-state index in [0.717, 1.165) is 21.1 Å². The molecule has 0 aliphatic carbocycles. The molecule has 0 saturated carbocycles. The van der Waals surface area contributed by atoms with E-state index in [1.165, 1.54) is 0 Å². The largest absolute Gasteiger partial charge is 0.452 e. The first-order valence-corrected chi connectivity index (χ1v) is 9.24. The van der Waals surface area contributed by atoms with Crippen LogP contribution >= 0.6 is 15.9 Å². The summed E-state index contributed by atoms with van der Waals surface area (Å²) in [6.45, 7) is 5.35. The zero-order chi connectivity index (χ0) is 19.6. The van der Waals surface area contributed by atoms with Gasteiger partial charge in [0.2, 0.25) is 0 Å². The number of halogens is 1. The van der Waals surface area contributed by atoms with Crippen molar-refractivity contribution in [2.75, 3.05) is 11.9 Å². The van der Waals surface area contributed by atoms with Crippen LogP contribution in [0.1, 0.15) is 27.2 Å². The quantitative estimate of drug-likeness (QED) is 0.612. The molecule has 5 nitrogen and oxygen atoms in total. The summed E-state index contributed by atoms with van der Waals surface area (Å²) >= 11 is 3.40. The van der Waals surface area contributed by atoms with Gasteiger partial charge >= 0.3 is 5.97 Å². The summed E-state index contributed by atoms with van der Waals surface area (Å²) in [4.78, 5) is 29.1. The minimum Gasteiger partial charge on any atom is -0.452 e. The van der Waals surface area contributed by atoms with Gasteiger partial charge in [0.1, 0.15) is 0 Å². The number of amides is 1. The molecular weight excluding hydrogens is 408 g/mol. The summed E-state index contributed by atoms with van der Waals surface area (Å²) in [5.41, 5.74) is 4.56. The standard InChI is InChI=1S/C21H19BrN2O3/c1-12-4-6-18-15(8-12)16(10-14(3)23-18)21(26)27-11-20(25)24-19-7-5-13(2)9-17(19)22/h4-10H,11H2,1-3H3,(H,24,25). The van der Waals surface area contributed by atoms with E-state index in [9.17, 15) is 9.59 Å². The number of carbonyl (C=O) groups is 2. The normalized spacial score (nSPS) is 10.7. The molecule has 0 bridgehead atoms. The number of benzene rings is 2. The second-order valence-corrected chi connectivity index (χ2v) is 7.29. The lowest BCUT2D eigenvalue weighted by Gasteiger charge is -2.10. The van der Waals surface area contributed by atoms with Gasteiger partial charge < -0.3 is 10.1 Å². The molecule has 1 heterocycles. The van der Waals surface area contributed by atoms with Gasteiger partial charge in [0, 0.05) is 15.6 Å². The molecule has 0 saturated heterocycles. The van der Waals surface area contributed by atoms with Crippen molar-refractivity contribution in [2.24, 2.45) is 0 Å². The van der Waals surface area contributed by atoms with E-state index in [-0.39, 0.29) is 6.61 Å². The molecule has 0 unspecified atom stereocenters. The molecule has 3 aromatic rings. The highest BCUT2D eigenvalue weighted by Crippen LogP contribution is 2.23. The van der Waals surface area contributed by atoms with Crippen molar-refractivity contribution in [3.63, 3.8) is 0 Å². The predicted octanol–water partition coefficient (Wildman–Crippen LogP) is 4.72. The molecule has 3 rings (SSSR count). The van der Waals surface area contributed by atoms with Crippen LogP contribution in [0, 0.1) is 20.8 Å². The number of aryl methyl sites for hydroxylation is 3. The van der Waals surface area contributed by atoms with Crippen LogP contribution in [0.15, 0.2) is 46.9 Å². The Kier molecular flexibility index (Phi) is 5.56. The van der Waals surface area contributed by atoms with Gasteiger partial charge in [-0.1, -0.05) is 17.7 Å². The van der Waals surface area contributed by atoms with E-state index in [1.54, 1.807) is 12.1 Å². The highest BCUT2D eigenvalue weighted by molar-refractivity contribution is 9.10. The molecule has 0 fully saturated rings. The molecule has 1 amide bonds. The summed E-state index contributed by atoms with van der Waals surface area (Å²) in [5.74, 6) is -0.951. The lowest BCUT2D eigenvalue weighted by Crippen LogP contribution is -2.21. The zero-order valence-corrected chi connectivity index (χ0v) is 16.9. The summed E-state index contributed by atoms with van der Waals surface area (Å²) < 4.78 is 6.01. The van der Waals surface area contributed by atoms with Crippen LogP contribution in [-0.4, -0.2) is 23.5 Å². The minimum absolute atomic E-state index is 0.367. The highest BCUT2D eigenvalue weighted by atomic mass is 79.9.